The minimum atomic E-state index is 0.0874. The van der Waals surface area contributed by atoms with E-state index in [1.165, 1.54) is 24.8 Å². The predicted octanol–water partition coefficient (Wildman–Crippen LogP) is 3.54. The van der Waals surface area contributed by atoms with Crippen molar-refractivity contribution in [2.24, 2.45) is 5.92 Å². The monoisotopic (exact) mass is 450 g/mol. The first-order chi connectivity index (χ1) is 16.0. The van der Waals surface area contributed by atoms with Crippen molar-refractivity contribution in [2.75, 3.05) is 24.6 Å². The largest absolute Gasteiger partial charge is 0.349 e. The number of benzene rings is 1. The standard InChI is InChI=1S/C26H38N6O/c1-18(2)25-29-28-19(3)32(25)30-16-22-12-13-23(17-30)31(22)15-14-24(20-8-5-4-6-9-20)27-26(33)21-10-7-11-21/h4-6,8-9,18,21-24H,7,10-17H2,1-3H3,(H,27,33)/t22-,23-,24+/m1/s1. The Morgan fingerprint density at radius 1 is 1.06 bits per heavy atom. The van der Waals surface area contributed by atoms with Gasteiger partial charge in [0.1, 0.15) is 5.82 Å². The summed E-state index contributed by atoms with van der Waals surface area (Å²) < 4.78 is 2.26. The highest BCUT2D eigenvalue weighted by Crippen LogP contribution is 2.32. The van der Waals surface area contributed by atoms with Gasteiger partial charge in [-0.25, -0.2) is 4.68 Å². The van der Waals surface area contributed by atoms with E-state index in [9.17, 15) is 4.79 Å². The molecule has 2 bridgehead atoms. The van der Waals surface area contributed by atoms with Crippen molar-refractivity contribution in [3.05, 3.63) is 47.5 Å². The molecule has 3 fully saturated rings. The highest BCUT2D eigenvalue weighted by molar-refractivity contribution is 5.79. The van der Waals surface area contributed by atoms with Crippen molar-refractivity contribution < 1.29 is 4.79 Å². The van der Waals surface area contributed by atoms with E-state index >= 15 is 0 Å². The highest BCUT2D eigenvalue weighted by Gasteiger charge is 2.41. The number of rotatable bonds is 8. The van der Waals surface area contributed by atoms with Gasteiger partial charge < -0.3 is 10.3 Å². The van der Waals surface area contributed by atoms with Gasteiger partial charge in [-0.2, -0.15) is 0 Å². The van der Waals surface area contributed by atoms with Gasteiger partial charge in [0.2, 0.25) is 5.91 Å². The van der Waals surface area contributed by atoms with Gasteiger partial charge >= 0.3 is 0 Å². The third-order valence-corrected chi connectivity index (χ3v) is 7.90. The summed E-state index contributed by atoms with van der Waals surface area (Å²) in [5.74, 6) is 2.86. The molecule has 0 unspecified atom stereocenters. The van der Waals surface area contributed by atoms with Crippen LogP contribution in [0.15, 0.2) is 30.3 Å². The maximum Gasteiger partial charge on any atom is 0.223 e. The summed E-state index contributed by atoms with van der Waals surface area (Å²) in [6.45, 7) is 9.48. The zero-order valence-electron chi connectivity index (χ0n) is 20.3. The quantitative estimate of drug-likeness (QED) is 0.666. The van der Waals surface area contributed by atoms with Gasteiger partial charge in [-0.15, -0.1) is 10.2 Å². The van der Waals surface area contributed by atoms with Crippen LogP contribution in [-0.4, -0.2) is 57.4 Å². The zero-order valence-corrected chi connectivity index (χ0v) is 20.3. The first-order valence-corrected chi connectivity index (χ1v) is 12.8. The first kappa shape index (κ1) is 22.4. The summed E-state index contributed by atoms with van der Waals surface area (Å²) in [7, 11) is 0. The Morgan fingerprint density at radius 2 is 1.76 bits per heavy atom. The average Bonchev–Trinajstić information content (AvgIpc) is 3.26. The van der Waals surface area contributed by atoms with E-state index in [0.29, 0.717) is 18.0 Å². The topological polar surface area (TPSA) is 66.3 Å². The Bertz CT molecular complexity index is 939. The molecule has 0 radical (unpaired) electrons. The van der Waals surface area contributed by atoms with Gasteiger partial charge in [0.05, 0.1) is 19.1 Å². The number of aryl methyl sites for hydroxylation is 1. The SMILES string of the molecule is Cc1nnc(C(C)C)n1N1C[C@H]2CC[C@H](C1)N2CC[C@H](NC(=O)C1CCC1)c1ccccc1. The van der Waals surface area contributed by atoms with Crippen LogP contribution in [0, 0.1) is 12.8 Å². The Labute approximate surface area is 197 Å². The molecule has 2 aromatic rings. The number of nitrogens with one attached hydrogen (secondary N) is 1. The van der Waals surface area contributed by atoms with Crippen molar-refractivity contribution in [3.8, 4) is 0 Å². The van der Waals surface area contributed by atoms with Gasteiger partial charge in [-0.3, -0.25) is 9.69 Å². The van der Waals surface area contributed by atoms with Crippen LogP contribution in [-0.2, 0) is 4.79 Å². The van der Waals surface area contributed by atoms with Crippen molar-refractivity contribution >= 4 is 5.91 Å². The lowest BCUT2D eigenvalue weighted by molar-refractivity contribution is -0.128. The molecule has 7 nitrogen and oxygen atoms in total. The van der Waals surface area contributed by atoms with Crippen molar-refractivity contribution in [3.63, 3.8) is 0 Å². The number of piperazine rings is 1. The lowest BCUT2D eigenvalue weighted by Gasteiger charge is -2.43. The van der Waals surface area contributed by atoms with E-state index in [2.05, 4.69) is 75.1 Å². The van der Waals surface area contributed by atoms with Crippen LogP contribution in [0.5, 0.6) is 0 Å². The number of hydrogen-bond acceptors (Lipinski definition) is 5. The third-order valence-electron chi connectivity index (χ3n) is 7.90. The van der Waals surface area contributed by atoms with E-state index in [-0.39, 0.29) is 17.9 Å². The van der Waals surface area contributed by atoms with Crippen molar-refractivity contribution in [1.29, 1.82) is 0 Å². The molecule has 0 spiro atoms. The molecule has 3 atom stereocenters. The summed E-state index contributed by atoms with van der Waals surface area (Å²) >= 11 is 0. The van der Waals surface area contributed by atoms with Crippen LogP contribution >= 0.6 is 0 Å². The molecule has 7 heteroatoms. The number of nitrogens with zero attached hydrogens (tertiary/aromatic N) is 5. The van der Waals surface area contributed by atoms with E-state index < -0.39 is 0 Å². The number of carbonyl (C=O) groups excluding carboxylic acids is 1. The molecule has 2 aliphatic heterocycles. The fraction of sp³-hybridized carbons (Fsp3) is 0.654. The highest BCUT2D eigenvalue weighted by atomic mass is 16.2. The van der Waals surface area contributed by atoms with Gasteiger partial charge in [0.25, 0.3) is 0 Å². The van der Waals surface area contributed by atoms with Crippen LogP contribution in [0.1, 0.15) is 81.5 Å². The summed E-state index contributed by atoms with van der Waals surface area (Å²) in [6, 6.07) is 11.7. The number of aromatic nitrogens is 3. The molecule has 178 valence electrons. The predicted molar refractivity (Wildman–Crippen MR) is 130 cm³/mol. The molecule has 3 aliphatic rings. The van der Waals surface area contributed by atoms with Crippen molar-refractivity contribution in [1.82, 2.24) is 25.1 Å². The molecule has 1 amide bonds. The third kappa shape index (κ3) is 4.52. The van der Waals surface area contributed by atoms with Crippen LogP contribution in [0.4, 0.5) is 0 Å². The molecule has 1 aliphatic carbocycles. The number of fused-ring (bicyclic) bond motifs is 2. The van der Waals surface area contributed by atoms with E-state index in [1.807, 2.05) is 6.07 Å². The Kier molecular flexibility index (Phi) is 6.41. The lowest BCUT2D eigenvalue weighted by Crippen LogP contribution is -2.58. The van der Waals surface area contributed by atoms with Gasteiger partial charge in [0, 0.05) is 30.5 Å². The Morgan fingerprint density at radius 3 is 2.36 bits per heavy atom. The molecular formula is C26H38N6O. The minimum absolute atomic E-state index is 0.0874. The van der Waals surface area contributed by atoms with Crippen LogP contribution in [0.3, 0.4) is 0 Å². The summed E-state index contributed by atoms with van der Waals surface area (Å²) in [4.78, 5) is 15.5. The molecule has 1 N–H and O–H groups in total. The second-order valence-corrected chi connectivity index (χ2v) is 10.5. The van der Waals surface area contributed by atoms with Gasteiger partial charge in [-0.05, 0) is 44.6 Å². The fourth-order valence-corrected chi connectivity index (χ4v) is 5.83. The van der Waals surface area contributed by atoms with Crippen molar-refractivity contribution in [2.45, 2.75) is 83.3 Å². The molecule has 3 heterocycles. The Hall–Kier alpha value is -2.41. The van der Waals surface area contributed by atoms with E-state index in [4.69, 9.17) is 0 Å². The normalized spacial score (nSPS) is 24.2. The smallest absolute Gasteiger partial charge is 0.223 e. The average molecular weight is 451 g/mol. The number of carbonyl (C=O) groups is 1. The fourth-order valence-electron chi connectivity index (χ4n) is 5.83. The van der Waals surface area contributed by atoms with Gasteiger partial charge in [-0.1, -0.05) is 50.6 Å². The van der Waals surface area contributed by atoms with E-state index in [1.54, 1.807) is 0 Å². The molecule has 33 heavy (non-hydrogen) atoms. The second kappa shape index (κ2) is 9.45. The molecule has 1 aromatic carbocycles. The van der Waals surface area contributed by atoms with Crippen LogP contribution in [0.2, 0.25) is 0 Å². The molecule has 5 rings (SSSR count). The summed E-state index contributed by atoms with van der Waals surface area (Å²) in [5.41, 5.74) is 1.22. The number of hydrogen-bond donors (Lipinski definition) is 1. The summed E-state index contributed by atoms with van der Waals surface area (Å²) in [6.07, 6.45) is 6.71. The lowest BCUT2D eigenvalue weighted by atomic mass is 9.84. The van der Waals surface area contributed by atoms with E-state index in [0.717, 1.165) is 50.5 Å². The summed E-state index contributed by atoms with van der Waals surface area (Å²) in [5, 5.41) is 14.7. The molecular weight excluding hydrogens is 412 g/mol. The maximum atomic E-state index is 12.7. The first-order valence-electron chi connectivity index (χ1n) is 12.8. The molecule has 1 aromatic heterocycles. The van der Waals surface area contributed by atoms with Crippen LogP contribution < -0.4 is 10.3 Å². The number of amides is 1. The van der Waals surface area contributed by atoms with Crippen LogP contribution in [0.25, 0.3) is 0 Å². The molecule has 2 saturated heterocycles. The zero-order chi connectivity index (χ0) is 22.9. The van der Waals surface area contributed by atoms with Gasteiger partial charge in [0.15, 0.2) is 5.82 Å². The maximum absolute atomic E-state index is 12.7. The second-order valence-electron chi connectivity index (χ2n) is 10.5. The Balaban J connectivity index is 1.26. The minimum Gasteiger partial charge on any atom is -0.349 e. The molecule has 1 saturated carbocycles.